The maximum Gasteiger partial charge on any atom is 0.246 e. The lowest BCUT2D eigenvalue weighted by atomic mass is 10.0. The molecule has 0 bridgehead atoms. The van der Waals surface area contributed by atoms with Gasteiger partial charge in [-0.25, -0.2) is 4.98 Å². The molecule has 0 spiro atoms. The van der Waals surface area contributed by atoms with Gasteiger partial charge in [-0.15, -0.1) is 0 Å². The number of aromatic nitrogens is 2. The molecule has 3 rings (SSSR count). The molecule has 1 atom stereocenters. The van der Waals surface area contributed by atoms with Crippen LogP contribution in [0.2, 0.25) is 0 Å². The molecule has 1 aromatic carbocycles. The molecule has 2 heterocycles. The van der Waals surface area contributed by atoms with Crippen molar-refractivity contribution >= 4 is 29.3 Å². The van der Waals surface area contributed by atoms with E-state index in [0.717, 1.165) is 18.7 Å². The van der Waals surface area contributed by atoms with Crippen LogP contribution in [0.25, 0.3) is 0 Å². The zero-order chi connectivity index (χ0) is 28.0. The van der Waals surface area contributed by atoms with E-state index in [1.54, 1.807) is 35.4 Å². The molecule has 2 aromatic rings. The van der Waals surface area contributed by atoms with Crippen molar-refractivity contribution in [2.24, 2.45) is 0 Å². The summed E-state index contributed by atoms with van der Waals surface area (Å²) in [7, 11) is 3.87. The molecule has 1 aromatic heterocycles. The van der Waals surface area contributed by atoms with E-state index in [1.807, 2.05) is 25.1 Å². The second-order valence-corrected chi connectivity index (χ2v) is 9.39. The number of carbonyl (C=O) groups excluding carboxylic acids is 2. The van der Waals surface area contributed by atoms with Crippen LogP contribution in [-0.2, 0) is 9.59 Å². The quantitative estimate of drug-likeness (QED) is 0.218. The second kappa shape index (κ2) is 15.1. The number of likely N-dealkylation sites (tertiary alicyclic amines) is 1. The third-order valence-corrected chi connectivity index (χ3v) is 5.94. The monoisotopic (exact) mass is 528 g/mol. The number of likely N-dealkylation sites (N-methyl/N-ethyl adjacent to an activating group) is 1. The number of benzene rings is 1. The van der Waals surface area contributed by atoms with Crippen molar-refractivity contribution in [1.29, 1.82) is 5.26 Å². The zero-order valence-corrected chi connectivity index (χ0v) is 22.8. The molecule has 0 unspecified atom stereocenters. The average Bonchev–Trinajstić information content (AvgIpc) is 2.89. The third kappa shape index (κ3) is 9.13. The van der Waals surface area contributed by atoms with Crippen molar-refractivity contribution < 1.29 is 9.59 Å². The van der Waals surface area contributed by atoms with Crippen LogP contribution in [0.15, 0.2) is 42.6 Å². The first-order valence-corrected chi connectivity index (χ1v) is 13.2. The first kappa shape index (κ1) is 29.2. The minimum Gasteiger partial charge on any atom is -0.369 e. The Hall–Kier alpha value is -4.41. The molecular formula is C29H36N8O2. The van der Waals surface area contributed by atoms with Gasteiger partial charge in [-0.2, -0.15) is 10.2 Å². The average molecular weight is 529 g/mol. The Bertz CT molecular complexity index is 1250. The highest BCUT2D eigenvalue weighted by molar-refractivity contribution is 5.94. The van der Waals surface area contributed by atoms with Crippen LogP contribution < -0.4 is 16.0 Å². The predicted octanol–water partition coefficient (Wildman–Crippen LogP) is 2.88. The van der Waals surface area contributed by atoms with Crippen LogP contribution in [0.3, 0.4) is 0 Å². The molecule has 0 radical (unpaired) electrons. The molecule has 204 valence electrons. The van der Waals surface area contributed by atoms with Crippen molar-refractivity contribution in [3.05, 3.63) is 53.7 Å². The Labute approximate surface area is 230 Å². The molecule has 10 heteroatoms. The van der Waals surface area contributed by atoms with Crippen LogP contribution >= 0.6 is 0 Å². The largest absolute Gasteiger partial charge is 0.369 e. The van der Waals surface area contributed by atoms with Gasteiger partial charge < -0.3 is 25.8 Å². The van der Waals surface area contributed by atoms with Gasteiger partial charge in [0.05, 0.1) is 23.4 Å². The Morgan fingerprint density at radius 3 is 2.69 bits per heavy atom. The highest BCUT2D eigenvalue weighted by Gasteiger charge is 2.36. The Kier molecular flexibility index (Phi) is 11.3. The molecule has 0 saturated carbocycles. The summed E-state index contributed by atoms with van der Waals surface area (Å²) in [5.41, 5.74) is 2.07. The van der Waals surface area contributed by atoms with Crippen molar-refractivity contribution in [1.82, 2.24) is 25.1 Å². The van der Waals surface area contributed by atoms with E-state index in [2.05, 4.69) is 50.8 Å². The molecular weight excluding hydrogens is 492 g/mol. The summed E-state index contributed by atoms with van der Waals surface area (Å²) in [4.78, 5) is 37.3. The second-order valence-electron chi connectivity index (χ2n) is 9.39. The molecule has 10 nitrogen and oxygen atoms in total. The van der Waals surface area contributed by atoms with Gasteiger partial charge in [0.25, 0.3) is 0 Å². The molecule has 39 heavy (non-hydrogen) atoms. The zero-order valence-electron chi connectivity index (χ0n) is 22.8. The highest BCUT2D eigenvalue weighted by Crippen LogP contribution is 2.19. The smallest absolute Gasteiger partial charge is 0.246 e. The maximum absolute atomic E-state index is 12.5. The van der Waals surface area contributed by atoms with Gasteiger partial charge in [-0.05, 0) is 57.6 Å². The normalized spacial score (nSPS) is 14.2. The van der Waals surface area contributed by atoms with Crippen LogP contribution in [0.4, 0.5) is 17.5 Å². The fraction of sp³-hybridized carbons (Fsp3) is 0.414. The standard InChI is InChI=1S/C29H36N8O2/c1-4-16-31-27-23(21-33-29(35-27)34-24-13-11-22(20-30)12-14-24)9-6-5-7-17-32-28(39)25-15-19-37(25)26(38)10-8-18-36(2)3/h8,10-14,21,25H,4-5,7,15-19H2,1-3H3,(H,32,39)(H2,31,33,34,35)/t25-/m0/s1. The summed E-state index contributed by atoms with van der Waals surface area (Å²) in [5, 5.41) is 18.3. The van der Waals surface area contributed by atoms with Crippen molar-refractivity contribution in [3.8, 4) is 17.9 Å². The van der Waals surface area contributed by atoms with E-state index >= 15 is 0 Å². The minimum absolute atomic E-state index is 0.117. The first-order valence-electron chi connectivity index (χ1n) is 13.2. The first-order chi connectivity index (χ1) is 18.9. The maximum atomic E-state index is 12.5. The summed E-state index contributed by atoms with van der Waals surface area (Å²) in [6.07, 6.45) is 7.94. The van der Waals surface area contributed by atoms with Gasteiger partial charge in [0.1, 0.15) is 11.9 Å². The summed E-state index contributed by atoms with van der Waals surface area (Å²) in [6, 6.07) is 8.77. The number of nitrogens with one attached hydrogen (secondary N) is 3. The number of hydrogen-bond acceptors (Lipinski definition) is 8. The number of unbranched alkanes of at least 4 members (excludes halogenated alkanes) is 1. The van der Waals surface area contributed by atoms with Crippen LogP contribution in [-0.4, -0.2) is 77.9 Å². The summed E-state index contributed by atoms with van der Waals surface area (Å²) in [5.74, 6) is 7.12. The number of hydrogen-bond donors (Lipinski definition) is 3. The Morgan fingerprint density at radius 2 is 2.03 bits per heavy atom. The number of rotatable bonds is 12. The summed E-state index contributed by atoms with van der Waals surface area (Å²) in [6.45, 7) is 4.60. The molecule has 1 saturated heterocycles. The molecule has 1 aliphatic rings. The highest BCUT2D eigenvalue weighted by atomic mass is 16.2. The summed E-state index contributed by atoms with van der Waals surface area (Å²) >= 11 is 0. The molecule has 3 N–H and O–H groups in total. The van der Waals surface area contributed by atoms with Crippen molar-refractivity contribution in [2.45, 2.75) is 38.6 Å². The lowest BCUT2D eigenvalue weighted by Crippen LogP contribution is -2.58. The molecule has 0 aliphatic carbocycles. The van der Waals surface area contributed by atoms with E-state index in [1.165, 1.54) is 6.08 Å². The molecule has 1 aliphatic heterocycles. The topological polar surface area (TPSA) is 126 Å². The Morgan fingerprint density at radius 1 is 1.23 bits per heavy atom. The van der Waals surface area contributed by atoms with E-state index in [0.29, 0.717) is 61.8 Å². The van der Waals surface area contributed by atoms with Gasteiger partial charge in [0.15, 0.2) is 0 Å². The van der Waals surface area contributed by atoms with Gasteiger partial charge in [-0.3, -0.25) is 9.59 Å². The van der Waals surface area contributed by atoms with E-state index in [4.69, 9.17) is 5.26 Å². The fourth-order valence-electron chi connectivity index (χ4n) is 3.72. The van der Waals surface area contributed by atoms with Gasteiger partial charge in [-0.1, -0.05) is 24.8 Å². The number of nitrogens with zero attached hydrogens (tertiary/aromatic N) is 5. The number of carbonyl (C=O) groups is 2. The van der Waals surface area contributed by atoms with Crippen molar-refractivity contribution in [2.75, 3.05) is 50.9 Å². The Balaban J connectivity index is 1.48. The predicted molar refractivity (Wildman–Crippen MR) is 152 cm³/mol. The van der Waals surface area contributed by atoms with Crippen molar-refractivity contribution in [3.63, 3.8) is 0 Å². The van der Waals surface area contributed by atoms with Gasteiger partial charge in [0.2, 0.25) is 17.8 Å². The molecule has 1 fully saturated rings. The van der Waals surface area contributed by atoms with Crippen LogP contribution in [0.5, 0.6) is 0 Å². The third-order valence-electron chi connectivity index (χ3n) is 5.94. The number of anilines is 3. The number of nitriles is 1. The lowest BCUT2D eigenvalue weighted by molar-refractivity contribution is -0.143. The molecule has 2 amide bonds. The van der Waals surface area contributed by atoms with E-state index in [9.17, 15) is 9.59 Å². The van der Waals surface area contributed by atoms with E-state index < -0.39 is 6.04 Å². The lowest BCUT2D eigenvalue weighted by Gasteiger charge is -2.39. The van der Waals surface area contributed by atoms with E-state index in [-0.39, 0.29) is 11.8 Å². The van der Waals surface area contributed by atoms with Crippen LogP contribution in [0.1, 0.15) is 43.7 Å². The van der Waals surface area contributed by atoms with Gasteiger partial charge >= 0.3 is 0 Å². The minimum atomic E-state index is -0.395. The number of amides is 2. The SMILES string of the molecule is CCCNc1nc(Nc2ccc(C#N)cc2)ncc1C#CCCCNC(=O)[C@@H]1CCN1C(=O)C=CCN(C)C. The van der Waals surface area contributed by atoms with Gasteiger partial charge in [0, 0.05) is 44.4 Å². The summed E-state index contributed by atoms with van der Waals surface area (Å²) < 4.78 is 0. The fourth-order valence-corrected chi connectivity index (χ4v) is 3.72. The van der Waals surface area contributed by atoms with Crippen LogP contribution in [0, 0.1) is 23.2 Å².